The summed E-state index contributed by atoms with van der Waals surface area (Å²) in [6.45, 7) is 1.86. The smallest absolute Gasteiger partial charge is 0.243 e. The lowest BCUT2D eigenvalue weighted by molar-refractivity contribution is -0.115. The van der Waals surface area contributed by atoms with E-state index in [2.05, 4.69) is 10.3 Å². The molecule has 1 aromatic heterocycles. The maximum atomic E-state index is 13.1. The van der Waals surface area contributed by atoms with E-state index in [0.29, 0.717) is 43.0 Å². The molecular formula is C22H22N4O4S. The van der Waals surface area contributed by atoms with Gasteiger partial charge in [0.2, 0.25) is 15.9 Å². The number of rotatable bonds is 5. The van der Waals surface area contributed by atoms with Crippen LogP contribution in [-0.2, 0) is 21.2 Å². The third-order valence-corrected chi connectivity index (χ3v) is 7.82. The minimum absolute atomic E-state index is 0.0181. The van der Waals surface area contributed by atoms with Crippen molar-refractivity contribution in [3.8, 4) is 0 Å². The fourth-order valence-electron chi connectivity index (χ4n) is 4.23. The molecule has 0 radical (unpaired) electrons. The molecule has 2 aliphatic heterocycles. The van der Waals surface area contributed by atoms with Crippen molar-refractivity contribution < 1.29 is 18.0 Å². The molecule has 8 nitrogen and oxygen atoms in total. The van der Waals surface area contributed by atoms with Crippen molar-refractivity contribution in [2.24, 2.45) is 0 Å². The molecule has 160 valence electrons. The van der Waals surface area contributed by atoms with Gasteiger partial charge in [0.1, 0.15) is 0 Å². The maximum Gasteiger partial charge on any atom is 0.243 e. The SMILES string of the molecule is O=C1Cc2cc(S(=O)(=O)N3CCN(CC(=O)c4c[nH]c5ccccc45)CC3)ccc2N1. The van der Waals surface area contributed by atoms with Gasteiger partial charge in [-0.05, 0) is 29.8 Å². The van der Waals surface area contributed by atoms with Gasteiger partial charge in [0, 0.05) is 54.5 Å². The molecule has 2 aromatic carbocycles. The topological polar surface area (TPSA) is 103 Å². The Morgan fingerprint density at radius 3 is 2.61 bits per heavy atom. The molecule has 0 bridgehead atoms. The van der Waals surface area contributed by atoms with Crippen LogP contribution in [0, 0.1) is 0 Å². The maximum absolute atomic E-state index is 13.1. The van der Waals surface area contributed by atoms with Crippen LogP contribution in [0.5, 0.6) is 0 Å². The highest BCUT2D eigenvalue weighted by molar-refractivity contribution is 7.89. The number of benzene rings is 2. The molecule has 2 aliphatic rings. The zero-order valence-corrected chi connectivity index (χ0v) is 17.6. The molecule has 1 saturated heterocycles. The Morgan fingerprint density at radius 1 is 1.03 bits per heavy atom. The lowest BCUT2D eigenvalue weighted by atomic mass is 10.1. The molecule has 1 fully saturated rings. The first kappa shape index (κ1) is 19.9. The average Bonchev–Trinajstić information content (AvgIpc) is 3.36. The van der Waals surface area contributed by atoms with E-state index in [1.807, 2.05) is 29.2 Å². The summed E-state index contributed by atoms with van der Waals surface area (Å²) < 4.78 is 27.6. The minimum atomic E-state index is -3.65. The summed E-state index contributed by atoms with van der Waals surface area (Å²) in [5.41, 5.74) is 2.96. The zero-order valence-electron chi connectivity index (χ0n) is 16.8. The number of para-hydroxylation sites is 1. The van der Waals surface area contributed by atoms with Gasteiger partial charge >= 0.3 is 0 Å². The number of anilines is 1. The van der Waals surface area contributed by atoms with Gasteiger partial charge in [0.15, 0.2) is 5.78 Å². The van der Waals surface area contributed by atoms with Gasteiger partial charge in [-0.1, -0.05) is 18.2 Å². The molecule has 9 heteroatoms. The van der Waals surface area contributed by atoms with Gasteiger partial charge in [-0.3, -0.25) is 14.5 Å². The van der Waals surface area contributed by atoms with Gasteiger partial charge in [0.25, 0.3) is 0 Å². The summed E-state index contributed by atoms with van der Waals surface area (Å²) in [4.78, 5) is 29.6. The summed E-state index contributed by atoms with van der Waals surface area (Å²) in [5.74, 6) is -0.109. The zero-order chi connectivity index (χ0) is 21.6. The number of aromatic amines is 1. The van der Waals surface area contributed by atoms with Crippen LogP contribution in [0.1, 0.15) is 15.9 Å². The van der Waals surface area contributed by atoms with E-state index in [1.165, 1.54) is 10.4 Å². The summed E-state index contributed by atoms with van der Waals surface area (Å²) in [7, 11) is -3.65. The predicted octanol–water partition coefficient (Wildman–Crippen LogP) is 1.85. The number of ketones is 1. The third kappa shape index (κ3) is 3.65. The lowest BCUT2D eigenvalue weighted by Crippen LogP contribution is -2.49. The second kappa shape index (κ2) is 7.60. The van der Waals surface area contributed by atoms with Crippen molar-refractivity contribution in [3.63, 3.8) is 0 Å². The highest BCUT2D eigenvalue weighted by Gasteiger charge is 2.30. The summed E-state index contributed by atoms with van der Waals surface area (Å²) in [5, 5.41) is 3.62. The molecule has 0 spiro atoms. The quantitative estimate of drug-likeness (QED) is 0.592. The monoisotopic (exact) mass is 438 g/mol. The molecule has 3 heterocycles. The largest absolute Gasteiger partial charge is 0.360 e. The van der Waals surface area contributed by atoms with Crippen molar-refractivity contribution in [2.75, 3.05) is 38.0 Å². The van der Waals surface area contributed by atoms with Crippen molar-refractivity contribution in [1.82, 2.24) is 14.2 Å². The van der Waals surface area contributed by atoms with Gasteiger partial charge in [-0.15, -0.1) is 0 Å². The number of carbonyl (C=O) groups excluding carboxylic acids is 2. The fraction of sp³-hybridized carbons (Fsp3) is 0.273. The Labute approximate surface area is 179 Å². The second-order valence-corrected chi connectivity index (χ2v) is 9.83. The molecule has 0 saturated carbocycles. The number of H-pyrrole nitrogens is 1. The first-order chi connectivity index (χ1) is 14.9. The van der Waals surface area contributed by atoms with Crippen LogP contribution in [0.4, 0.5) is 5.69 Å². The van der Waals surface area contributed by atoms with Crippen LogP contribution in [0.15, 0.2) is 53.6 Å². The predicted molar refractivity (Wildman–Crippen MR) is 117 cm³/mol. The van der Waals surface area contributed by atoms with Gasteiger partial charge in [0.05, 0.1) is 17.9 Å². The molecule has 3 aromatic rings. The minimum Gasteiger partial charge on any atom is -0.360 e. The molecule has 0 atom stereocenters. The molecule has 31 heavy (non-hydrogen) atoms. The number of carbonyl (C=O) groups is 2. The molecule has 1 amide bonds. The van der Waals surface area contributed by atoms with E-state index in [-0.39, 0.29) is 29.6 Å². The number of nitrogens with zero attached hydrogens (tertiary/aromatic N) is 2. The van der Waals surface area contributed by atoms with Gasteiger partial charge < -0.3 is 10.3 Å². The van der Waals surface area contributed by atoms with E-state index in [9.17, 15) is 18.0 Å². The normalized spacial score (nSPS) is 17.6. The third-order valence-electron chi connectivity index (χ3n) is 5.93. The Bertz CT molecular complexity index is 1290. The number of piperazine rings is 1. The van der Waals surface area contributed by atoms with Crippen LogP contribution < -0.4 is 5.32 Å². The molecule has 0 aliphatic carbocycles. The number of amides is 1. The van der Waals surface area contributed by atoms with Crippen LogP contribution in [-0.4, -0.2) is 67.0 Å². The number of Topliss-reactive ketones (excluding diaryl/α,β-unsaturated/α-hetero) is 1. The van der Waals surface area contributed by atoms with Crippen molar-refractivity contribution in [2.45, 2.75) is 11.3 Å². The average molecular weight is 439 g/mol. The van der Waals surface area contributed by atoms with Crippen molar-refractivity contribution in [3.05, 3.63) is 59.8 Å². The highest BCUT2D eigenvalue weighted by Crippen LogP contribution is 2.28. The summed E-state index contributed by atoms with van der Waals surface area (Å²) >= 11 is 0. The van der Waals surface area contributed by atoms with Crippen LogP contribution >= 0.6 is 0 Å². The van der Waals surface area contributed by atoms with Crippen LogP contribution in [0.25, 0.3) is 10.9 Å². The van der Waals surface area contributed by atoms with E-state index < -0.39 is 10.0 Å². The Hall–Kier alpha value is -3.01. The Morgan fingerprint density at radius 2 is 1.81 bits per heavy atom. The summed E-state index contributed by atoms with van der Waals surface area (Å²) in [6.07, 6.45) is 1.93. The number of hydrogen-bond donors (Lipinski definition) is 2. The fourth-order valence-corrected chi connectivity index (χ4v) is 5.71. The van der Waals surface area contributed by atoms with E-state index in [0.717, 1.165) is 10.9 Å². The number of fused-ring (bicyclic) bond motifs is 2. The number of aromatic nitrogens is 1. The molecule has 2 N–H and O–H groups in total. The second-order valence-electron chi connectivity index (χ2n) is 7.90. The van der Waals surface area contributed by atoms with E-state index >= 15 is 0 Å². The van der Waals surface area contributed by atoms with E-state index in [1.54, 1.807) is 18.3 Å². The first-order valence-corrected chi connectivity index (χ1v) is 11.6. The van der Waals surface area contributed by atoms with Crippen molar-refractivity contribution >= 4 is 38.3 Å². The molecular weight excluding hydrogens is 416 g/mol. The standard InChI is InChI=1S/C22H22N4O4S/c27-21(18-13-23-20-4-2-1-3-17(18)20)14-25-7-9-26(10-8-25)31(29,30)16-5-6-19-15(11-16)12-22(28)24-19/h1-6,11,13,23H,7-10,12,14H2,(H,24,28). The van der Waals surface area contributed by atoms with Crippen LogP contribution in [0.3, 0.4) is 0 Å². The summed E-state index contributed by atoms with van der Waals surface area (Å²) in [6, 6.07) is 12.4. The number of nitrogens with one attached hydrogen (secondary N) is 2. The molecule has 5 rings (SSSR count). The lowest BCUT2D eigenvalue weighted by Gasteiger charge is -2.33. The Balaban J connectivity index is 1.24. The van der Waals surface area contributed by atoms with Gasteiger partial charge in [-0.2, -0.15) is 4.31 Å². The molecule has 0 unspecified atom stereocenters. The number of sulfonamides is 1. The van der Waals surface area contributed by atoms with E-state index in [4.69, 9.17) is 0 Å². The van der Waals surface area contributed by atoms with Crippen molar-refractivity contribution in [1.29, 1.82) is 0 Å². The van der Waals surface area contributed by atoms with Gasteiger partial charge in [-0.25, -0.2) is 8.42 Å². The first-order valence-electron chi connectivity index (χ1n) is 10.2. The number of hydrogen-bond acceptors (Lipinski definition) is 5. The Kier molecular flexibility index (Phi) is 4.88. The van der Waals surface area contributed by atoms with Crippen LogP contribution in [0.2, 0.25) is 0 Å². The highest BCUT2D eigenvalue weighted by atomic mass is 32.2.